The number of thiophene rings is 1. The molecule has 0 spiro atoms. The fourth-order valence-corrected chi connectivity index (χ4v) is 3.51. The Morgan fingerprint density at radius 1 is 1.04 bits per heavy atom. The molecule has 4 N–H and O–H groups in total. The molecule has 1 aromatic heterocycles. The number of amides is 3. The lowest BCUT2D eigenvalue weighted by atomic mass is 10.0. The summed E-state index contributed by atoms with van der Waals surface area (Å²) in [6.45, 7) is 2.37. The van der Waals surface area contributed by atoms with Crippen LogP contribution in [0.5, 0.6) is 0 Å². The number of carbonyl (C=O) groups excluding carboxylic acids is 2. The number of benzene rings is 2. The van der Waals surface area contributed by atoms with Gasteiger partial charge >= 0.3 is 6.03 Å². The summed E-state index contributed by atoms with van der Waals surface area (Å²) in [6, 6.07) is 18.5. The summed E-state index contributed by atoms with van der Waals surface area (Å²) in [5, 5.41) is 7.65. The first-order chi connectivity index (χ1) is 13.0. The van der Waals surface area contributed by atoms with E-state index in [0.717, 1.165) is 16.0 Å². The van der Waals surface area contributed by atoms with Crippen LogP contribution < -0.4 is 16.4 Å². The number of nitrogens with one attached hydrogen (secondary N) is 2. The Labute approximate surface area is 162 Å². The fourth-order valence-electron chi connectivity index (χ4n) is 2.71. The van der Waals surface area contributed by atoms with Gasteiger partial charge < -0.3 is 16.4 Å². The monoisotopic (exact) mass is 379 g/mol. The van der Waals surface area contributed by atoms with Gasteiger partial charge in [-0.1, -0.05) is 48.0 Å². The minimum absolute atomic E-state index is 0.150. The summed E-state index contributed by atoms with van der Waals surface area (Å²) < 4.78 is 0. The molecule has 0 aliphatic heterocycles. The van der Waals surface area contributed by atoms with Gasteiger partial charge in [-0.25, -0.2) is 4.79 Å². The van der Waals surface area contributed by atoms with E-state index in [2.05, 4.69) is 10.6 Å². The second-order valence-corrected chi connectivity index (χ2v) is 7.23. The van der Waals surface area contributed by atoms with Crippen LogP contribution >= 0.6 is 11.3 Å². The van der Waals surface area contributed by atoms with Crippen molar-refractivity contribution in [3.8, 4) is 0 Å². The summed E-state index contributed by atoms with van der Waals surface area (Å²) in [5.74, 6) is -0.150. The van der Waals surface area contributed by atoms with Crippen molar-refractivity contribution in [1.29, 1.82) is 0 Å². The van der Waals surface area contributed by atoms with E-state index >= 15 is 0 Å². The smallest absolute Gasteiger partial charge is 0.312 e. The van der Waals surface area contributed by atoms with E-state index in [4.69, 9.17) is 5.73 Å². The molecule has 2 aromatic carbocycles. The molecule has 3 rings (SSSR count). The third-order valence-corrected chi connectivity index (χ3v) is 5.13. The number of urea groups is 1. The molecule has 0 aliphatic carbocycles. The molecule has 0 saturated carbocycles. The molecule has 0 radical (unpaired) electrons. The number of carbonyl (C=O) groups is 2. The Morgan fingerprint density at radius 2 is 1.74 bits per heavy atom. The normalized spacial score (nSPS) is 11.6. The van der Waals surface area contributed by atoms with Gasteiger partial charge in [0, 0.05) is 17.0 Å². The zero-order valence-corrected chi connectivity index (χ0v) is 15.8. The van der Waals surface area contributed by atoms with Crippen LogP contribution in [0.15, 0.2) is 66.0 Å². The van der Waals surface area contributed by atoms with Gasteiger partial charge in [0.05, 0.1) is 6.04 Å². The minimum Gasteiger partial charge on any atom is -0.352 e. The van der Waals surface area contributed by atoms with Crippen LogP contribution in [0.4, 0.5) is 4.79 Å². The average Bonchev–Trinajstić information content (AvgIpc) is 3.20. The predicted octanol–water partition coefficient (Wildman–Crippen LogP) is 3.74. The van der Waals surface area contributed by atoms with E-state index < -0.39 is 6.03 Å². The number of nitrogens with two attached hydrogens (primary N) is 1. The van der Waals surface area contributed by atoms with Gasteiger partial charge in [-0.2, -0.15) is 0 Å². The van der Waals surface area contributed by atoms with Crippen LogP contribution in [0.1, 0.15) is 38.0 Å². The number of primary amides is 1. The summed E-state index contributed by atoms with van der Waals surface area (Å²) >= 11 is 1.61. The summed E-state index contributed by atoms with van der Waals surface area (Å²) in [5.41, 5.74) is 8.72. The second kappa shape index (κ2) is 8.51. The van der Waals surface area contributed by atoms with Crippen LogP contribution in [-0.2, 0) is 6.54 Å². The molecule has 5 nitrogen and oxygen atoms in total. The molecular formula is C21H21N3O2S. The number of hydrogen-bond acceptors (Lipinski definition) is 3. The number of rotatable bonds is 6. The Morgan fingerprint density at radius 3 is 2.33 bits per heavy atom. The molecular weight excluding hydrogens is 358 g/mol. The van der Waals surface area contributed by atoms with Crippen molar-refractivity contribution in [2.45, 2.75) is 19.5 Å². The Bertz CT molecular complexity index is 904. The second-order valence-electron chi connectivity index (χ2n) is 6.25. The van der Waals surface area contributed by atoms with Gasteiger partial charge in [0.25, 0.3) is 5.91 Å². The van der Waals surface area contributed by atoms with Crippen LogP contribution in [-0.4, -0.2) is 11.9 Å². The maximum absolute atomic E-state index is 12.8. The molecule has 1 atom stereocenters. The molecule has 0 bridgehead atoms. The minimum atomic E-state index is -0.575. The van der Waals surface area contributed by atoms with Gasteiger partial charge in [-0.15, -0.1) is 11.3 Å². The first kappa shape index (κ1) is 18.7. The fraction of sp³-hybridized carbons (Fsp3) is 0.143. The molecule has 1 unspecified atom stereocenters. The van der Waals surface area contributed by atoms with Crippen molar-refractivity contribution in [3.05, 3.63) is 93.2 Å². The number of hydrogen-bond donors (Lipinski definition) is 3. The van der Waals surface area contributed by atoms with E-state index in [9.17, 15) is 9.59 Å². The van der Waals surface area contributed by atoms with Gasteiger partial charge in [0.1, 0.15) is 0 Å². The first-order valence-electron chi connectivity index (χ1n) is 8.56. The highest BCUT2D eigenvalue weighted by Gasteiger charge is 2.18. The van der Waals surface area contributed by atoms with E-state index in [1.165, 1.54) is 5.56 Å². The SMILES string of the molecule is Cc1ccc(C(NC(=O)c2ccc(CNC(N)=O)cc2)c2cccs2)cc1. The van der Waals surface area contributed by atoms with Crippen molar-refractivity contribution in [2.75, 3.05) is 0 Å². The summed E-state index contributed by atoms with van der Waals surface area (Å²) in [7, 11) is 0. The molecule has 1 heterocycles. The highest BCUT2D eigenvalue weighted by atomic mass is 32.1. The van der Waals surface area contributed by atoms with Gasteiger partial charge in [0.15, 0.2) is 0 Å². The standard InChI is InChI=1S/C21H21N3O2S/c1-14-4-8-16(9-5-14)19(18-3-2-12-27-18)24-20(25)17-10-6-15(7-11-17)13-23-21(22)26/h2-12,19H,13H2,1H3,(H,24,25)(H3,22,23,26). The van der Waals surface area contributed by atoms with Crippen molar-refractivity contribution < 1.29 is 9.59 Å². The average molecular weight is 379 g/mol. The van der Waals surface area contributed by atoms with E-state index in [1.54, 1.807) is 35.6 Å². The number of aryl methyl sites for hydroxylation is 1. The molecule has 0 aliphatic rings. The van der Waals surface area contributed by atoms with Crippen LogP contribution in [0, 0.1) is 6.92 Å². The van der Waals surface area contributed by atoms with E-state index in [0.29, 0.717) is 12.1 Å². The summed E-state index contributed by atoms with van der Waals surface area (Å²) in [4.78, 5) is 24.6. The van der Waals surface area contributed by atoms with Gasteiger partial charge in [-0.05, 0) is 41.6 Å². The zero-order chi connectivity index (χ0) is 19.2. The van der Waals surface area contributed by atoms with E-state index in [1.807, 2.05) is 48.7 Å². The molecule has 3 amide bonds. The quantitative estimate of drug-likeness (QED) is 0.609. The third-order valence-electron chi connectivity index (χ3n) is 4.20. The maximum atomic E-state index is 12.8. The van der Waals surface area contributed by atoms with Crippen LogP contribution in [0.2, 0.25) is 0 Å². The zero-order valence-electron chi connectivity index (χ0n) is 14.9. The van der Waals surface area contributed by atoms with Crippen LogP contribution in [0.3, 0.4) is 0 Å². The molecule has 27 heavy (non-hydrogen) atoms. The molecule has 138 valence electrons. The Balaban J connectivity index is 1.76. The van der Waals surface area contributed by atoms with Crippen molar-refractivity contribution in [1.82, 2.24) is 10.6 Å². The largest absolute Gasteiger partial charge is 0.352 e. The van der Waals surface area contributed by atoms with E-state index in [-0.39, 0.29) is 11.9 Å². The van der Waals surface area contributed by atoms with Crippen molar-refractivity contribution >= 4 is 23.3 Å². The molecule has 3 aromatic rings. The lowest BCUT2D eigenvalue weighted by molar-refractivity contribution is 0.0943. The molecule has 0 saturated heterocycles. The maximum Gasteiger partial charge on any atom is 0.312 e. The predicted molar refractivity (Wildman–Crippen MR) is 108 cm³/mol. The lowest BCUT2D eigenvalue weighted by Crippen LogP contribution is -2.29. The highest BCUT2D eigenvalue weighted by Crippen LogP contribution is 2.26. The Kier molecular flexibility index (Phi) is 5.88. The van der Waals surface area contributed by atoms with Crippen LogP contribution in [0.25, 0.3) is 0 Å². The topological polar surface area (TPSA) is 84.2 Å². The lowest BCUT2D eigenvalue weighted by Gasteiger charge is -2.18. The van der Waals surface area contributed by atoms with Gasteiger partial charge in [0.2, 0.25) is 0 Å². The van der Waals surface area contributed by atoms with Crippen molar-refractivity contribution in [2.24, 2.45) is 5.73 Å². The first-order valence-corrected chi connectivity index (χ1v) is 9.44. The highest BCUT2D eigenvalue weighted by molar-refractivity contribution is 7.10. The van der Waals surface area contributed by atoms with Crippen molar-refractivity contribution in [3.63, 3.8) is 0 Å². The Hall–Kier alpha value is -3.12. The third kappa shape index (κ3) is 4.95. The van der Waals surface area contributed by atoms with Gasteiger partial charge in [-0.3, -0.25) is 4.79 Å². The molecule has 6 heteroatoms. The molecule has 0 fully saturated rings. The summed E-state index contributed by atoms with van der Waals surface area (Å²) in [6.07, 6.45) is 0.